The molecule has 5 heteroatoms. The van der Waals surface area contributed by atoms with E-state index in [-0.39, 0.29) is 6.04 Å². The molecule has 0 aliphatic heterocycles. The van der Waals surface area contributed by atoms with Crippen LogP contribution in [0.4, 0.5) is 11.4 Å². The first kappa shape index (κ1) is 11.0. The van der Waals surface area contributed by atoms with E-state index in [1.165, 1.54) is 0 Å². The summed E-state index contributed by atoms with van der Waals surface area (Å²) in [7, 11) is 0. The van der Waals surface area contributed by atoms with Crippen LogP contribution in [0.5, 0.6) is 0 Å². The Bertz CT molecular complexity index is 450. The Balaban J connectivity index is 2.21. The van der Waals surface area contributed by atoms with Crippen molar-refractivity contribution in [1.82, 2.24) is 4.98 Å². The van der Waals surface area contributed by atoms with Crippen LogP contribution < -0.4 is 11.1 Å². The Labute approximate surface area is 102 Å². The molecule has 3 N–H and O–H groups in total. The van der Waals surface area contributed by atoms with Gasteiger partial charge in [0.05, 0.1) is 34.3 Å². The standard InChI is InChI=1S/C11H12BrN3O/c1-7(10-3-2-4-16-10)15-11-8(12)5-14-6-9(11)13/h2-7H,13H2,1H3,(H,14,15). The third kappa shape index (κ3) is 2.19. The van der Waals surface area contributed by atoms with E-state index in [1.54, 1.807) is 18.7 Å². The van der Waals surface area contributed by atoms with Crippen LogP contribution in [0.2, 0.25) is 0 Å². The lowest BCUT2D eigenvalue weighted by molar-refractivity contribution is 0.490. The molecule has 0 aliphatic carbocycles. The van der Waals surface area contributed by atoms with Gasteiger partial charge in [0.1, 0.15) is 5.76 Å². The van der Waals surface area contributed by atoms with Gasteiger partial charge in [-0.15, -0.1) is 0 Å². The van der Waals surface area contributed by atoms with Crippen molar-refractivity contribution in [3.8, 4) is 0 Å². The number of nitrogens with zero attached hydrogens (tertiary/aromatic N) is 1. The molecule has 0 spiro atoms. The molecule has 16 heavy (non-hydrogen) atoms. The summed E-state index contributed by atoms with van der Waals surface area (Å²) in [5, 5.41) is 3.28. The Kier molecular flexibility index (Phi) is 3.14. The van der Waals surface area contributed by atoms with Crippen molar-refractivity contribution < 1.29 is 4.42 Å². The molecule has 0 saturated carbocycles. The second kappa shape index (κ2) is 4.57. The lowest BCUT2D eigenvalue weighted by atomic mass is 10.2. The predicted octanol–water partition coefficient (Wildman–Crippen LogP) is 3.19. The predicted molar refractivity (Wildman–Crippen MR) is 67.1 cm³/mol. The Morgan fingerprint density at radius 1 is 1.50 bits per heavy atom. The van der Waals surface area contributed by atoms with Crippen molar-refractivity contribution in [2.24, 2.45) is 0 Å². The summed E-state index contributed by atoms with van der Waals surface area (Å²) in [6.07, 6.45) is 4.97. The molecule has 0 amide bonds. The van der Waals surface area contributed by atoms with E-state index in [0.717, 1.165) is 15.9 Å². The number of nitrogens with one attached hydrogen (secondary N) is 1. The van der Waals surface area contributed by atoms with Crippen LogP contribution in [0.25, 0.3) is 0 Å². The second-order valence-electron chi connectivity index (χ2n) is 3.47. The third-order valence-corrected chi connectivity index (χ3v) is 2.86. The summed E-state index contributed by atoms with van der Waals surface area (Å²) in [6, 6.07) is 3.83. The molecule has 0 radical (unpaired) electrons. The number of nitrogens with two attached hydrogens (primary N) is 1. The van der Waals surface area contributed by atoms with Gasteiger partial charge in [0.25, 0.3) is 0 Å². The lowest BCUT2D eigenvalue weighted by Crippen LogP contribution is -2.08. The zero-order valence-corrected chi connectivity index (χ0v) is 10.4. The summed E-state index contributed by atoms with van der Waals surface area (Å²) in [5.74, 6) is 0.864. The number of rotatable bonds is 3. The number of furan rings is 1. The molecule has 0 aromatic carbocycles. The minimum absolute atomic E-state index is 0.0519. The van der Waals surface area contributed by atoms with Gasteiger partial charge < -0.3 is 15.5 Å². The van der Waals surface area contributed by atoms with Crippen LogP contribution in [0.1, 0.15) is 18.7 Å². The highest BCUT2D eigenvalue weighted by Crippen LogP contribution is 2.30. The summed E-state index contributed by atoms with van der Waals surface area (Å²) >= 11 is 3.40. The zero-order chi connectivity index (χ0) is 11.5. The SMILES string of the molecule is CC(Nc1c(N)cncc1Br)c1ccco1. The van der Waals surface area contributed by atoms with E-state index in [0.29, 0.717) is 5.69 Å². The first-order valence-corrected chi connectivity index (χ1v) is 5.66. The smallest absolute Gasteiger partial charge is 0.125 e. The van der Waals surface area contributed by atoms with Crippen molar-refractivity contribution >= 4 is 27.3 Å². The molecule has 84 valence electrons. The molecular weight excluding hydrogens is 270 g/mol. The maximum absolute atomic E-state index is 5.84. The van der Waals surface area contributed by atoms with Crippen molar-refractivity contribution in [2.75, 3.05) is 11.1 Å². The van der Waals surface area contributed by atoms with Gasteiger partial charge in [0, 0.05) is 6.20 Å². The molecule has 0 aliphatic rings. The number of nitrogen functional groups attached to an aromatic ring is 1. The molecule has 2 rings (SSSR count). The molecule has 2 aromatic rings. The van der Waals surface area contributed by atoms with E-state index < -0.39 is 0 Å². The van der Waals surface area contributed by atoms with Crippen LogP contribution in [0, 0.1) is 0 Å². The lowest BCUT2D eigenvalue weighted by Gasteiger charge is -2.15. The first-order valence-electron chi connectivity index (χ1n) is 4.87. The molecule has 0 fully saturated rings. The summed E-state index contributed by atoms with van der Waals surface area (Å²) in [5.41, 5.74) is 7.27. The van der Waals surface area contributed by atoms with Crippen molar-refractivity contribution in [3.05, 3.63) is 41.0 Å². The molecule has 0 bridgehead atoms. The Hall–Kier alpha value is -1.49. The largest absolute Gasteiger partial charge is 0.467 e. The minimum Gasteiger partial charge on any atom is -0.467 e. The Morgan fingerprint density at radius 3 is 2.94 bits per heavy atom. The molecule has 4 nitrogen and oxygen atoms in total. The number of pyridine rings is 1. The van der Waals surface area contributed by atoms with Gasteiger partial charge in [-0.25, -0.2) is 0 Å². The van der Waals surface area contributed by atoms with E-state index in [2.05, 4.69) is 26.2 Å². The van der Waals surface area contributed by atoms with Crippen LogP contribution in [-0.2, 0) is 0 Å². The number of aromatic nitrogens is 1. The third-order valence-electron chi connectivity index (χ3n) is 2.26. The second-order valence-corrected chi connectivity index (χ2v) is 4.32. The number of halogens is 1. The maximum Gasteiger partial charge on any atom is 0.125 e. The average molecular weight is 282 g/mol. The van der Waals surface area contributed by atoms with Gasteiger partial charge in [-0.2, -0.15) is 0 Å². The normalized spacial score (nSPS) is 12.4. The van der Waals surface area contributed by atoms with E-state index >= 15 is 0 Å². The number of anilines is 2. The van der Waals surface area contributed by atoms with Gasteiger partial charge >= 0.3 is 0 Å². The van der Waals surface area contributed by atoms with Crippen LogP contribution in [0.15, 0.2) is 39.7 Å². The van der Waals surface area contributed by atoms with E-state index in [9.17, 15) is 0 Å². The fraction of sp³-hybridized carbons (Fsp3) is 0.182. The topological polar surface area (TPSA) is 64.1 Å². The van der Waals surface area contributed by atoms with Crippen LogP contribution >= 0.6 is 15.9 Å². The fourth-order valence-corrected chi connectivity index (χ4v) is 1.89. The summed E-state index contributed by atoms with van der Waals surface area (Å²) in [4.78, 5) is 3.98. The molecule has 1 atom stereocenters. The summed E-state index contributed by atoms with van der Waals surface area (Å²) < 4.78 is 6.15. The first-order chi connectivity index (χ1) is 7.68. The van der Waals surface area contributed by atoms with Gasteiger partial charge in [0.15, 0.2) is 0 Å². The monoisotopic (exact) mass is 281 g/mol. The van der Waals surface area contributed by atoms with Crippen molar-refractivity contribution in [1.29, 1.82) is 0 Å². The molecule has 2 aromatic heterocycles. The van der Waals surface area contributed by atoms with Crippen LogP contribution in [-0.4, -0.2) is 4.98 Å². The molecule has 0 saturated heterocycles. The highest BCUT2D eigenvalue weighted by molar-refractivity contribution is 9.10. The van der Waals surface area contributed by atoms with Gasteiger partial charge in [0.2, 0.25) is 0 Å². The molecule has 1 unspecified atom stereocenters. The quantitative estimate of drug-likeness (QED) is 0.907. The van der Waals surface area contributed by atoms with Crippen LogP contribution in [0.3, 0.4) is 0 Å². The fourth-order valence-electron chi connectivity index (χ4n) is 1.43. The maximum atomic E-state index is 5.84. The van der Waals surface area contributed by atoms with E-state index in [4.69, 9.17) is 10.2 Å². The van der Waals surface area contributed by atoms with E-state index in [1.807, 2.05) is 19.1 Å². The van der Waals surface area contributed by atoms with Crippen molar-refractivity contribution in [2.45, 2.75) is 13.0 Å². The van der Waals surface area contributed by atoms with Crippen molar-refractivity contribution in [3.63, 3.8) is 0 Å². The molecular formula is C11H12BrN3O. The zero-order valence-electron chi connectivity index (χ0n) is 8.77. The highest BCUT2D eigenvalue weighted by atomic mass is 79.9. The number of hydrogen-bond acceptors (Lipinski definition) is 4. The minimum atomic E-state index is 0.0519. The Morgan fingerprint density at radius 2 is 2.31 bits per heavy atom. The van der Waals surface area contributed by atoms with Gasteiger partial charge in [-0.05, 0) is 35.0 Å². The number of hydrogen-bond donors (Lipinski definition) is 2. The highest BCUT2D eigenvalue weighted by Gasteiger charge is 2.11. The molecule has 2 heterocycles. The van der Waals surface area contributed by atoms with Gasteiger partial charge in [-0.1, -0.05) is 0 Å². The summed E-state index contributed by atoms with van der Waals surface area (Å²) in [6.45, 7) is 2.01. The van der Waals surface area contributed by atoms with Gasteiger partial charge in [-0.3, -0.25) is 4.98 Å². The average Bonchev–Trinajstić information content (AvgIpc) is 2.76.